The number of carbonyl (C=O) groups is 2. The van der Waals surface area contributed by atoms with Gasteiger partial charge in [-0.25, -0.2) is 17.6 Å². The van der Waals surface area contributed by atoms with Gasteiger partial charge in [0.2, 0.25) is 0 Å². The van der Waals surface area contributed by atoms with E-state index in [0.717, 1.165) is 17.7 Å². The molecule has 2 heterocycles. The molecule has 2 N–H and O–H groups in total. The minimum Gasteiger partial charge on any atom is -0.481 e. The zero-order valence-electron chi connectivity index (χ0n) is 24.9. The van der Waals surface area contributed by atoms with Gasteiger partial charge >= 0.3 is 11.9 Å². The van der Waals surface area contributed by atoms with E-state index < -0.39 is 36.9 Å². The molecule has 248 valence electrons. The van der Waals surface area contributed by atoms with Crippen molar-refractivity contribution < 1.29 is 37.4 Å². The number of fused-ring (bicyclic) bond motifs is 2. The van der Waals surface area contributed by atoms with Crippen LogP contribution in [-0.2, 0) is 48.9 Å². The number of benzene rings is 4. The third kappa shape index (κ3) is 7.95. The Morgan fingerprint density at radius 1 is 0.667 bits per heavy atom. The molecule has 0 bridgehead atoms. The third-order valence-electron chi connectivity index (χ3n) is 7.40. The molecule has 0 unspecified atom stereocenters. The molecule has 8 nitrogen and oxygen atoms in total. The molecule has 0 aliphatic carbocycles. The van der Waals surface area contributed by atoms with E-state index in [-0.39, 0.29) is 24.9 Å². The number of halogens is 6. The van der Waals surface area contributed by atoms with Crippen molar-refractivity contribution in [2.75, 3.05) is 0 Å². The van der Waals surface area contributed by atoms with Crippen molar-refractivity contribution in [3.05, 3.63) is 128 Å². The highest BCUT2D eigenvalue weighted by Crippen LogP contribution is 2.27. The molecule has 0 radical (unpaired) electrons. The normalized spacial score (nSPS) is 11.1. The maximum atomic E-state index is 13.9. The first kappa shape index (κ1) is 34.4. The third-order valence-corrected chi connectivity index (χ3v) is 7.99. The van der Waals surface area contributed by atoms with Gasteiger partial charge in [0.25, 0.3) is 0 Å². The molecule has 0 aliphatic rings. The molecule has 2 aromatic heterocycles. The van der Waals surface area contributed by atoms with Crippen molar-refractivity contribution in [2.45, 2.75) is 39.3 Å². The molecule has 0 spiro atoms. The number of carboxylic acids is 2. The SMILES string of the molecule is O=C(O)Cc1nn(Cc2ccc(Cl)cc2Cl)c2cc(CF)ccc12.O=C(O)Cc1nn(Cc2ccc(F)cc2F)c2cc(CF)ccc12. The topological polar surface area (TPSA) is 110 Å². The van der Waals surface area contributed by atoms with Crippen molar-refractivity contribution >= 4 is 56.9 Å². The zero-order valence-corrected chi connectivity index (χ0v) is 26.5. The van der Waals surface area contributed by atoms with Crippen LogP contribution < -0.4 is 0 Å². The Kier molecular flexibility index (Phi) is 10.7. The molecule has 0 saturated heterocycles. The molecule has 0 atom stereocenters. The molecule has 0 fully saturated rings. The Morgan fingerprint density at radius 3 is 1.62 bits per heavy atom. The summed E-state index contributed by atoms with van der Waals surface area (Å²) in [5.41, 5.74) is 3.83. The fourth-order valence-corrected chi connectivity index (χ4v) is 5.62. The number of alkyl halides is 2. The van der Waals surface area contributed by atoms with E-state index in [1.165, 1.54) is 10.7 Å². The summed E-state index contributed by atoms with van der Waals surface area (Å²) < 4.78 is 55.8. The average Bonchev–Trinajstić information content (AvgIpc) is 3.55. The lowest BCUT2D eigenvalue weighted by Crippen LogP contribution is -2.06. The molecule has 6 aromatic rings. The largest absolute Gasteiger partial charge is 0.481 e. The summed E-state index contributed by atoms with van der Waals surface area (Å²) in [6.45, 7) is -0.961. The van der Waals surface area contributed by atoms with Gasteiger partial charge < -0.3 is 10.2 Å². The molecule has 6 rings (SSSR count). The first-order chi connectivity index (χ1) is 22.9. The average molecular weight is 702 g/mol. The number of carboxylic acid groups (broad SMARTS) is 2. The number of hydrogen-bond donors (Lipinski definition) is 2. The summed E-state index contributed by atoms with van der Waals surface area (Å²) in [5.74, 6) is -3.43. The first-order valence-electron chi connectivity index (χ1n) is 14.4. The van der Waals surface area contributed by atoms with Crippen LogP contribution in [-0.4, -0.2) is 41.7 Å². The van der Waals surface area contributed by atoms with E-state index in [1.54, 1.807) is 59.3 Å². The number of aliphatic carboxylic acids is 2. The molecule has 4 aromatic carbocycles. The van der Waals surface area contributed by atoms with Crippen molar-refractivity contribution in [3.8, 4) is 0 Å². The van der Waals surface area contributed by atoms with Crippen LogP contribution >= 0.6 is 23.2 Å². The van der Waals surface area contributed by atoms with Crippen LogP contribution in [0.3, 0.4) is 0 Å². The van der Waals surface area contributed by atoms with E-state index in [9.17, 15) is 27.2 Å². The fraction of sp³-hybridized carbons (Fsp3) is 0.176. The minimum absolute atomic E-state index is 0.0159. The van der Waals surface area contributed by atoms with Gasteiger partial charge in [0.05, 0.1) is 48.4 Å². The number of rotatable bonds is 10. The summed E-state index contributed by atoms with van der Waals surface area (Å²) in [7, 11) is 0. The maximum Gasteiger partial charge on any atom is 0.309 e. The Bertz CT molecular complexity index is 2000. The molecular weight excluding hydrogens is 675 g/mol. The van der Waals surface area contributed by atoms with E-state index in [0.29, 0.717) is 60.9 Å². The van der Waals surface area contributed by atoms with Gasteiger partial charge in [-0.1, -0.05) is 59.6 Å². The van der Waals surface area contributed by atoms with Gasteiger partial charge in [0.15, 0.2) is 0 Å². The van der Waals surface area contributed by atoms with Gasteiger partial charge in [-0.3, -0.25) is 19.0 Å². The van der Waals surface area contributed by atoms with Crippen LogP contribution in [0.5, 0.6) is 0 Å². The standard InChI is InChI=1S/C17H13Cl2FN2O2.C17H13F3N2O2/c18-12-3-2-11(14(19)6-12)9-22-16-5-10(8-20)1-4-13(16)15(21-22)7-17(23)24;18-8-10-1-4-13-15(7-17(23)24)21-22(16(13)5-10)9-11-2-3-12(19)6-14(11)20/h2*1-6H,7-9H2,(H,23,24). The number of nitrogens with zero attached hydrogens (tertiary/aromatic N) is 4. The van der Waals surface area contributed by atoms with E-state index >= 15 is 0 Å². The van der Waals surface area contributed by atoms with Gasteiger partial charge in [-0.2, -0.15) is 10.2 Å². The highest BCUT2D eigenvalue weighted by Gasteiger charge is 2.17. The highest BCUT2D eigenvalue weighted by molar-refractivity contribution is 6.35. The van der Waals surface area contributed by atoms with Crippen molar-refractivity contribution in [2.24, 2.45) is 0 Å². The van der Waals surface area contributed by atoms with Crippen LogP contribution in [0.15, 0.2) is 72.8 Å². The van der Waals surface area contributed by atoms with Crippen molar-refractivity contribution in [1.29, 1.82) is 0 Å². The van der Waals surface area contributed by atoms with Gasteiger partial charge in [0, 0.05) is 32.4 Å². The molecule has 14 heteroatoms. The Hall–Kier alpha value is -4.94. The lowest BCUT2D eigenvalue weighted by molar-refractivity contribution is -0.137. The van der Waals surface area contributed by atoms with Crippen molar-refractivity contribution in [3.63, 3.8) is 0 Å². The Balaban J connectivity index is 0.000000188. The summed E-state index contributed by atoms with van der Waals surface area (Å²) in [6.07, 6.45) is -0.503. The lowest BCUT2D eigenvalue weighted by Gasteiger charge is -2.07. The van der Waals surface area contributed by atoms with Crippen LogP contribution in [0.4, 0.5) is 17.6 Å². The molecule has 0 aliphatic heterocycles. The van der Waals surface area contributed by atoms with E-state index in [2.05, 4.69) is 10.2 Å². The van der Waals surface area contributed by atoms with E-state index in [1.807, 2.05) is 0 Å². The molecule has 0 saturated carbocycles. The summed E-state index contributed by atoms with van der Waals surface area (Å²) >= 11 is 12.1. The van der Waals surface area contributed by atoms with Gasteiger partial charge in [-0.15, -0.1) is 0 Å². The minimum atomic E-state index is -1.05. The summed E-state index contributed by atoms with van der Waals surface area (Å²) in [4.78, 5) is 22.0. The summed E-state index contributed by atoms with van der Waals surface area (Å²) in [5, 5.41) is 28.9. The van der Waals surface area contributed by atoms with E-state index in [4.69, 9.17) is 33.4 Å². The Labute approximate surface area is 280 Å². The number of hydrogen-bond acceptors (Lipinski definition) is 4. The lowest BCUT2D eigenvalue weighted by atomic mass is 10.1. The van der Waals surface area contributed by atoms with Crippen LogP contribution in [0.25, 0.3) is 21.8 Å². The predicted octanol–water partition coefficient (Wildman–Crippen LogP) is 7.95. The van der Waals surface area contributed by atoms with Gasteiger partial charge in [0.1, 0.15) is 25.0 Å². The first-order valence-corrected chi connectivity index (χ1v) is 15.1. The monoisotopic (exact) mass is 700 g/mol. The summed E-state index contributed by atoms with van der Waals surface area (Å²) in [6, 6.07) is 18.1. The van der Waals surface area contributed by atoms with Crippen LogP contribution in [0, 0.1) is 11.6 Å². The zero-order chi connectivity index (χ0) is 34.5. The van der Waals surface area contributed by atoms with Crippen molar-refractivity contribution in [1.82, 2.24) is 19.6 Å². The second kappa shape index (κ2) is 14.9. The Morgan fingerprint density at radius 2 is 1.17 bits per heavy atom. The second-order valence-electron chi connectivity index (χ2n) is 10.8. The van der Waals surface area contributed by atoms with Gasteiger partial charge in [-0.05, 0) is 47.0 Å². The highest BCUT2D eigenvalue weighted by atomic mass is 35.5. The van der Waals surface area contributed by atoms with Crippen LogP contribution in [0.2, 0.25) is 10.0 Å². The molecule has 0 amide bonds. The smallest absolute Gasteiger partial charge is 0.309 e. The number of aromatic nitrogens is 4. The van der Waals surface area contributed by atoms with Crippen LogP contribution in [0.1, 0.15) is 33.6 Å². The molecule has 48 heavy (non-hydrogen) atoms. The quantitative estimate of drug-likeness (QED) is 0.140. The maximum absolute atomic E-state index is 13.9. The molecular formula is C34H26Cl2F4N4O4. The predicted molar refractivity (Wildman–Crippen MR) is 173 cm³/mol. The fourth-order valence-electron chi connectivity index (χ4n) is 5.15. The second-order valence-corrected chi connectivity index (χ2v) is 11.6.